The molecule has 3 heteroatoms. The van der Waals surface area contributed by atoms with Crippen molar-refractivity contribution in [3.8, 4) is 6.26 Å². The zero-order valence-corrected chi connectivity index (χ0v) is 6.63. The average molecular weight is 145 g/mol. The van der Waals surface area contributed by atoms with Gasteiger partial charge in [0.05, 0.1) is 6.61 Å². The quantitative estimate of drug-likeness (QED) is 0.609. The number of ether oxygens (including phenoxy) is 1. The normalized spacial score (nSPS) is 7.00. The first-order valence-corrected chi connectivity index (χ1v) is 3.45. The zero-order chi connectivity index (χ0) is 8.24. The van der Waals surface area contributed by atoms with Gasteiger partial charge in [0.25, 0.3) is 6.26 Å². The van der Waals surface area contributed by atoms with E-state index in [1.54, 1.807) is 6.92 Å². The Hall–Kier alpha value is -0.750. The van der Waals surface area contributed by atoms with Gasteiger partial charge in [-0.25, -0.2) is 0 Å². The SMILES string of the molecule is CCCCO.CCOC#N. The summed E-state index contributed by atoms with van der Waals surface area (Å²) in [6.45, 7) is 4.65. The fraction of sp³-hybridized carbons (Fsp3) is 0.857. The Kier molecular flexibility index (Phi) is 18.8. The maximum absolute atomic E-state index is 8.07. The van der Waals surface area contributed by atoms with Crippen molar-refractivity contribution in [1.29, 1.82) is 5.26 Å². The summed E-state index contributed by atoms with van der Waals surface area (Å²) >= 11 is 0. The number of hydrogen-bond acceptors (Lipinski definition) is 3. The van der Waals surface area contributed by atoms with Gasteiger partial charge >= 0.3 is 0 Å². The van der Waals surface area contributed by atoms with Gasteiger partial charge in [0.15, 0.2) is 0 Å². The summed E-state index contributed by atoms with van der Waals surface area (Å²) in [4.78, 5) is 0. The number of nitriles is 1. The molecule has 0 saturated carbocycles. The molecule has 0 rings (SSSR count). The highest BCUT2D eigenvalue weighted by molar-refractivity contribution is 4.42. The molecule has 0 fully saturated rings. The lowest BCUT2D eigenvalue weighted by atomic mass is 10.4. The smallest absolute Gasteiger partial charge is 0.286 e. The molecule has 0 saturated heterocycles. The molecule has 3 nitrogen and oxygen atoms in total. The fourth-order valence-corrected chi connectivity index (χ4v) is 0.223. The Morgan fingerprint density at radius 2 is 2.10 bits per heavy atom. The number of aliphatic hydroxyl groups is 1. The van der Waals surface area contributed by atoms with Gasteiger partial charge in [0.2, 0.25) is 0 Å². The third kappa shape index (κ3) is 26.8. The van der Waals surface area contributed by atoms with Crippen molar-refractivity contribution in [2.24, 2.45) is 0 Å². The second-order valence-electron chi connectivity index (χ2n) is 1.60. The fourth-order valence-electron chi connectivity index (χ4n) is 0.223. The molecule has 0 aromatic heterocycles. The Morgan fingerprint density at radius 1 is 1.50 bits per heavy atom. The topological polar surface area (TPSA) is 53.2 Å². The van der Waals surface area contributed by atoms with Crippen molar-refractivity contribution >= 4 is 0 Å². The van der Waals surface area contributed by atoms with Gasteiger partial charge in [-0.05, 0) is 13.3 Å². The molecule has 0 heterocycles. The van der Waals surface area contributed by atoms with E-state index in [2.05, 4.69) is 11.7 Å². The molecule has 0 aliphatic rings. The van der Waals surface area contributed by atoms with Crippen LogP contribution in [0, 0.1) is 11.5 Å². The third-order valence-corrected chi connectivity index (χ3v) is 0.721. The molecular formula is C7H15NO2. The summed E-state index contributed by atoms with van der Waals surface area (Å²) in [6.07, 6.45) is 3.56. The van der Waals surface area contributed by atoms with Crippen molar-refractivity contribution in [3.05, 3.63) is 0 Å². The molecule has 0 aliphatic carbocycles. The minimum atomic E-state index is 0.344. The summed E-state index contributed by atoms with van der Waals surface area (Å²) in [6, 6.07) is 0. The van der Waals surface area contributed by atoms with Crippen LogP contribution in [0.4, 0.5) is 0 Å². The molecular weight excluding hydrogens is 130 g/mol. The summed E-state index contributed by atoms with van der Waals surface area (Å²) in [5.74, 6) is 0. The van der Waals surface area contributed by atoms with Crippen LogP contribution >= 0.6 is 0 Å². The number of hydrogen-bond donors (Lipinski definition) is 1. The van der Waals surface area contributed by atoms with E-state index in [1.165, 1.54) is 6.26 Å². The van der Waals surface area contributed by atoms with Crippen LogP contribution in [0.25, 0.3) is 0 Å². The molecule has 0 aromatic carbocycles. The first-order valence-electron chi connectivity index (χ1n) is 3.45. The molecule has 0 bridgehead atoms. The summed E-state index contributed by atoms with van der Waals surface area (Å²) in [5, 5.41) is 15.7. The van der Waals surface area contributed by atoms with Gasteiger partial charge in [-0.3, -0.25) is 0 Å². The molecule has 0 amide bonds. The highest BCUT2D eigenvalue weighted by atomic mass is 16.5. The molecule has 0 radical (unpaired) electrons. The lowest BCUT2D eigenvalue weighted by molar-refractivity contribution is 0.287. The van der Waals surface area contributed by atoms with E-state index in [0.717, 1.165) is 12.8 Å². The number of nitrogens with zero attached hydrogens (tertiary/aromatic N) is 1. The van der Waals surface area contributed by atoms with E-state index < -0.39 is 0 Å². The van der Waals surface area contributed by atoms with Crippen LogP contribution in [0.5, 0.6) is 0 Å². The highest BCUT2D eigenvalue weighted by Crippen LogP contribution is 1.78. The molecule has 10 heavy (non-hydrogen) atoms. The van der Waals surface area contributed by atoms with Crippen molar-refractivity contribution in [2.75, 3.05) is 13.2 Å². The predicted octanol–water partition coefficient (Wildman–Crippen LogP) is 1.28. The average Bonchev–Trinajstić information content (AvgIpc) is 1.93. The van der Waals surface area contributed by atoms with E-state index in [1.807, 2.05) is 0 Å². The molecule has 0 aliphatic heterocycles. The lowest BCUT2D eigenvalue weighted by Gasteiger charge is -1.79. The molecule has 0 unspecified atom stereocenters. The Labute approximate surface area is 62.2 Å². The van der Waals surface area contributed by atoms with E-state index in [0.29, 0.717) is 13.2 Å². The van der Waals surface area contributed by atoms with Crippen LogP contribution in [-0.4, -0.2) is 18.3 Å². The van der Waals surface area contributed by atoms with Crippen molar-refractivity contribution < 1.29 is 9.84 Å². The summed E-state index contributed by atoms with van der Waals surface area (Å²) < 4.78 is 4.14. The number of rotatable bonds is 3. The van der Waals surface area contributed by atoms with E-state index in [9.17, 15) is 0 Å². The molecule has 60 valence electrons. The van der Waals surface area contributed by atoms with E-state index >= 15 is 0 Å². The van der Waals surface area contributed by atoms with E-state index in [-0.39, 0.29) is 0 Å². The number of aliphatic hydroxyl groups excluding tert-OH is 1. The minimum absolute atomic E-state index is 0.344. The largest absolute Gasteiger partial charge is 0.428 e. The van der Waals surface area contributed by atoms with Crippen LogP contribution in [0.15, 0.2) is 0 Å². The van der Waals surface area contributed by atoms with Crippen molar-refractivity contribution in [2.45, 2.75) is 26.7 Å². The Balaban J connectivity index is 0. The van der Waals surface area contributed by atoms with Crippen LogP contribution in [0.3, 0.4) is 0 Å². The lowest BCUT2D eigenvalue weighted by Crippen LogP contribution is -1.75. The van der Waals surface area contributed by atoms with Crippen LogP contribution in [-0.2, 0) is 4.74 Å². The molecule has 0 aromatic rings. The van der Waals surface area contributed by atoms with Crippen LogP contribution in [0.1, 0.15) is 26.7 Å². The Bertz CT molecular complexity index is 76.2. The third-order valence-electron chi connectivity index (χ3n) is 0.721. The zero-order valence-electron chi connectivity index (χ0n) is 6.63. The van der Waals surface area contributed by atoms with Crippen molar-refractivity contribution in [1.82, 2.24) is 0 Å². The second kappa shape index (κ2) is 15.7. The summed E-state index contributed by atoms with van der Waals surface area (Å²) in [5.41, 5.74) is 0. The van der Waals surface area contributed by atoms with Crippen LogP contribution in [0.2, 0.25) is 0 Å². The maximum atomic E-state index is 8.07. The monoisotopic (exact) mass is 145 g/mol. The van der Waals surface area contributed by atoms with Gasteiger partial charge < -0.3 is 9.84 Å². The minimum Gasteiger partial charge on any atom is -0.428 e. The summed E-state index contributed by atoms with van der Waals surface area (Å²) in [7, 11) is 0. The van der Waals surface area contributed by atoms with Gasteiger partial charge in [0.1, 0.15) is 0 Å². The standard InChI is InChI=1S/C4H10O.C3H5NO/c1-2-3-4-5;1-2-5-3-4/h5H,2-4H2,1H3;2H2,1H3. The van der Waals surface area contributed by atoms with Crippen molar-refractivity contribution in [3.63, 3.8) is 0 Å². The van der Waals surface area contributed by atoms with Gasteiger partial charge in [-0.2, -0.15) is 5.26 Å². The van der Waals surface area contributed by atoms with Gasteiger partial charge in [-0.15, -0.1) is 0 Å². The molecule has 1 N–H and O–H groups in total. The molecule has 0 spiro atoms. The second-order valence-corrected chi connectivity index (χ2v) is 1.60. The van der Waals surface area contributed by atoms with E-state index in [4.69, 9.17) is 10.4 Å². The molecule has 0 atom stereocenters. The first-order chi connectivity index (χ1) is 4.83. The highest BCUT2D eigenvalue weighted by Gasteiger charge is 1.69. The number of unbranched alkanes of at least 4 members (excludes halogenated alkanes) is 1. The van der Waals surface area contributed by atoms with Gasteiger partial charge in [-0.1, -0.05) is 13.3 Å². The predicted molar refractivity (Wildman–Crippen MR) is 39.2 cm³/mol. The first kappa shape index (κ1) is 12.0. The Morgan fingerprint density at radius 3 is 2.10 bits per heavy atom. The maximum Gasteiger partial charge on any atom is 0.286 e. The van der Waals surface area contributed by atoms with Crippen LogP contribution < -0.4 is 0 Å². The van der Waals surface area contributed by atoms with Gasteiger partial charge in [0, 0.05) is 6.61 Å².